The number of nitrogens with zero attached hydrogens (tertiary/aromatic N) is 1. The van der Waals surface area contributed by atoms with Gasteiger partial charge in [-0.2, -0.15) is 0 Å². The minimum Gasteiger partial charge on any atom is -0.481 e. The average molecular weight is 968 g/mol. The smallest absolute Gasteiger partial charge is 0.408 e. The number of benzene rings is 4. The van der Waals surface area contributed by atoms with Gasteiger partial charge in [0.1, 0.15) is 31.9 Å². The Hall–Kier alpha value is -8.39. The largest absolute Gasteiger partial charge is 0.481 e. The van der Waals surface area contributed by atoms with Crippen LogP contribution in [0.15, 0.2) is 134 Å². The third-order valence-corrected chi connectivity index (χ3v) is 9.84. The van der Waals surface area contributed by atoms with Crippen molar-refractivity contribution in [3.05, 3.63) is 156 Å². The van der Waals surface area contributed by atoms with E-state index in [2.05, 4.69) is 27.3 Å². The standard InChI is InChI=1S/C22H25NO5.C21H20N2O6.C7H12N2O4/c1-2-18(21(25)26)14-20(24)19(13-16-9-5-3-6-10-16)23-22(27)28-15-17-11-7-4-8-12-17;24-18-11-12-19(25)23(18)29-20(26)17(13-15-7-3-1-4-8-15)22-21(27)28-14-16-9-5-2-6-10-16;1-2-3-13-7(12)9-4-5(8)6(10)11/h3-12,18-19H,2,13-15H2,1H3,(H,23,27)(H,25,26);1-10,17H,11-14H2,(H,22,27);2,5H,1,3-4,8H2,(H,9,12)(H,10,11)/t18-,19+;17-;5-/m100/s1. The Morgan fingerprint density at radius 3 is 1.49 bits per heavy atom. The number of hydroxylamine groups is 2. The summed E-state index contributed by atoms with van der Waals surface area (Å²) in [4.78, 5) is 110. The molecule has 20 heteroatoms. The summed E-state index contributed by atoms with van der Waals surface area (Å²) in [7, 11) is 0. The lowest BCUT2D eigenvalue weighted by molar-refractivity contribution is -0.198. The predicted molar refractivity (Wildman–Crippen MR) is 251 cm³/mol. The molecule has 5 rings (SSSR count). The Labute approximate surface area is 404 Å². The summed E-state index contributed by atoms with van der Waals surface area (Å²) >= 11 is 0. The number of hydrogen-bond donors (Lipinski definition) is 6. The molecular weight excluding hydrogens is 911 g/mol. The number of ketones is 1. The highest BCUT2D eigenvalue weighted by molar-refractivity contribution is 6.02. The second-order valence-electron chi connectivity index (χ2n) is 15.2. The molecular formula is C50H57N5O15. The van der Waals surface area contributed by atoms with E-state index in [1.165, 1.54) is 6.08 Å². The van der Waals surface area contributed by atoms with Crippen LogP contribution < -0.4 is 21.7 Å². The zero-order chi connectivity index (χ0) is 51.3. The molecule has 0 radical (unpaired) electrons. The molecule has 7 N–H and O–H groups in total. The lowest BCUT2D eigenvalue weighted by atomic mass is 9.93. The van der Waals surface area contributed by atoms with Gasteiger partial charge in [0, 0.05) is 32.2 Å². The molecule has 372 valence electrons. The van der Waals surface area contributed by atoms with Gasteiger partial charge in [0.15, 0.2) is 5.78 Å². The Morgan fingerprint density at radius 1 is 0.643 bits per heavy atom. The van der Waals surface area contributed by atoms with Gasteiger partial charge in [-0.3, -0.25) is 24.0 Å². The number of aliphatic carboxylic acids is 2. The maximum atomic E-state index is 12.7. The van der Waals surface area contributed by atoms with Gasteiger partial charge in [-0.05, 0) is 35.1 Å². The SMILES string of the molecule is C=CCOC(=O)NC[C@H](N)C(=O)O.CC[C@H](CC(=O)[C@H](Cc1ccccc1)NC(=O)OCc1ccccc1)C(=O)O.O=C(N[C@@H](Cc1ccccc1)C(=O)ON1C(=O)CCC1=O)OCc1ccccc1. The second-order valence-corrected chi connectivity index (χ2v) is 15.2. The molecule has 0 aromatic heterocycles. The molecule has 1 fully saturated rings. The molecule has 0 bridgehead atoms. The van der Waals surface area contributed by atoms with Crippen molar-refractivity contribution < 1.29 is 72.4 Å². The number of amides is 5. The number of rotatable bonds is 22. The first-order valence-electron chi connectivity index (χ1n) is 21.9. The van der Waals surface area contributed by atoms with E-state index in [0.29, 0.717) is 11.5 Å². The number of alkyl carbamates (subject to hydrolysis) is 3. The van der Waals surface area contributed by atoms with Crippen LogP contribution >= 0.6 is 0 Å². The zero-order valence-electron chi connectivity index (χ0n) is 38.4. The third kappa shape index (κ3) is 21.5. The van der Waals surface area contributed by atoms with E-state index in [1.807, 2.05) is 84.9 Å². The molecule has 0 saturated carbocycles. The fourth-order valence-corrected chi connectivity index (χ4v) is 6.02. The van der Waals surface area contributed by atoms with Crippen LogP contribution in [0.25, 0.3) is 0 Å². The third-order valence-electron chi connectivity index (χ3n) is 9.84. The van der Waals surface area contributed by atoms with E-state index < -0.39 is 72.0 Å². The van der Waals surface area contributed by atoms with Gasteiger partial charge in [0.25, 0.3) is 11.8 Å². The first-order chi connectivity index (χ1) is 33.6. The minimum atomic E-state index is -1.18. The van der Waals surface area contributed by atoms with Crippen LogP contribution in [0, 0.1) is 5.92 Å². The summed E-state index contributed by atoms with van der Waals surface area (Å²) in [5.74, 6) is -5.39. The summed E-state index contributed by atoms with van der Waals surface area (Å²) in [6.07, 6.45) is -0.267. The van der Waals surface area contributed by atoms with Crippen LogP contribution in [0.5, 0.6) is 0 Å². The van der Waals surface area contributed by atoms with Crippen molar-refractivity contribution in [1.82, 2.24) is 21.0 Å². The molecule has 1 aliphatic heterocycles. The van der Waals surface area contributed by atoms with E-state index in [1.54, 1.807) is 43.3 Å². The highest BCUT2D eigenvalue weighted by atomic mass is 16.7. The molecule has 70 heavy (non-hydrogen) atoms. The molecule has 1 heterocycles. The van der Waals surface area contributed by atoms with Crippen LogP contribution in [0.1, 0.15) is 54.9 Å². The number of imide groups is 1. The van der Waals surface area contributed by atoms with Crippen LogP contribution in [-0.2, 0) is 73.9 Å². The molecule has 4 aromatic carbocycles. The quantitative estimate of drug-likeness (QED) is 0.0342. The molecule has 1 saturated heterocycles. The van der Waals surface area contributed by atoms with E-state index in [9.17, 15) is 48.3 Å². The summed E-state index contributed by atoms with van der Waals surface area (Å²) in [5.41, 5.74) is 8.36. The van der Waals surface area contributed by atoms with Crippen LogP contribution in [0.4, 0.5) is 14.4 Å². The summed E-state index contributed by atoms with van der Waals surface area (Å²) in [5, 5.41) is 25.3. The van der Waals surface area contributed by atoms with Crippen molar-refractivity contribution in [3.63, 3.8) is 0 Å². The first-order valence-corrected chi connectivity index (χ1v) is 21.9. The van der Waals surface area contributed by atoms with Gasteiger partial charge >= 0.3 is 36.2 Å². The normalized spacial score (nSPS) is 13.1. The maximum absolute atomic E-state index is 12.7. The Bertz CT molecular complexity index is 2320. The van der Waals surface area contributed by atoms with E-state index in [-0.39, 0.29) is 64.3 Å². The molecule has 0 unspecified atom stereocenters. The lowest BCUT2D eigenvalue weighted by Crippen LogP contribution is -2.46. The summed E-state index contributed by atoms with van der Waals surface area (Å²) in [6.45, 7) is 5.09. The van der Waals surface area contributed by atoms with Crippen molar-refractivity contribution >= 4 is 53.8 Å². The number of carbonyl (C=O) groups is 9. The molecule has 0 aliphatic carbocycles. The van der Waals surface area contributed by atoms with E-state index in [4.69, 9.17) is 25.2 Å². The van der Waals surface area contributed by atoms with Crippen molar-refractivity contribution in [2.45, 2.75) is 76.8 Å². The molecule has 4 atom stereocenters. The highest BCUT2D eigenvalue weighted by Gasteiger charge is 2.36. The number of carboxylic acids is 2. The fourth-order valence-electron chi connectivity index (χ4n) is 6.02. The monoisotopic (exact) mass is 967 g/mol. The van der Waals surface area contributed by atoms with E-state index >= 15 is 0 Å². The van der Waals surface area contributed by atoms with E-state index in [0.717, 1.165) is 22.3 Å². The second kappa shape index (κ2) is 30.8. The van der Waals surface area contributed by atoms with Gasteiger partial charge in [-0.25, -0.2) is 19.2 Å². The maximum Gasteiger partial charge on any atom is 0.408 e. The number of carboxylic acid groups (broad SMARTS) is 2. The molecule has 5 amide bonds. The molecule has 1 aliphatic rings. The van der Waals surface area contributed by atoms with Gasteiger partial charge in [-0.15, -0.1) is 5.06 Å². The Morgan fingerprint density at radius 2 is 1.07 bits per heavy atom. The number of ether oxygens (including phenoxy) is 3. The van der Waals surface area contributed by atoms with Gasteiger partial charge < -0.3 is 50.9 Å². The van der Waals surface area contributed by atoms with Gasteiger partial charge in [0.05, 0.1) is 12.0 Å². The number of nitrogens with one attached hydrogen (secondary N) is 3. The number of nitrogens with two attached hydrogens (primary N) is 1. The average Bonchev–Trinajstić information content (AvgIpc) is 3.68. The van der Waals surface area contributed by atoms with Gasteiger partial charge in [0.2, 0.25) is 0 Å². The predicted octanol–water partition coefficient (Wildman–Crippen LogP) is 5.04. The first kappa shape index (κ1) is 55.9. The van der Waals surface area contributed by atoms with Crippen LogP contribution in [0.3, 0.4) is 0 Å². The fraction of sp³-hybridized carbons (Fsp3) is 0.300. The van der Waals surface area contributed by atoms with Crippen LogP contribution in [0.2, 0.25) is 0 Å². The Kier molecular flexibility index (Phi) is 24.6. The lowest BCUT2D eigenvalue weighted by Gasteiger charge is -2.20. The van der Waals surface area contributed by atoms with Gasteiger partial charge in [-0.1, -0.05) is 141 Å². The summed E-state index contributed by atoms with van der Waals surface area (Å²) in [6, 6.07) is 33.4. The topological polar surface area (TPSA) is 296 Å². The van der Waals surface area contributed by atoms with Crippen molar-refractivity contribution in [3.8, 4) is 0 Å². The highest BCUT2D eigenvalue weighted by Crippen LogP contribution is 2.16. The van der Waals surface area contributed by atoms with Crippen molar-refractivity contribution in [2.24, 2.45) is 11.7 Å². The molecule has 4 aromatic rings. The zero-order valence-corrected chi connectivity index (χ0v) is 38.4. The van der Waals surface area contributed by atoms with Crippen molar-refractivity contribution in [2.75, 3.05) is 13.2 Å². The molecule has 0 spiro atoms. The number of carbonyl (C=O) groups excluding carboxylic acids is 7. The minimum absolute atomic E-state index is 0.0119. The Balaban J connectivity index is 0.000000298. The van der Waals surface area contributed by atoms with Crippen LogP contribution in [-0.4, -0.2) is 100 Å². The molecule has 20 nitrogen and oxygen atoms in total. The number of Topliss-reactive ketones (excluding diaryl/α,β-unsaturated/α-hetero) is 1. The van der Waals surface area contributed by atoms with Crippen molar-refractivity contribution in [1.29, 1.82) is 0 Å². The summed E-state index contributed by atoms with van der Waals surface area (Å²) < 4.78 is 14.9. The number of hydrogen-bond acceptors (Lipinski definition) is 14.